The third kappa shape index (κ3) is 2.84. The Morgan fingerprint density at radius 1 is 1.50 bits per heavy atom. The number of rotatable bonds is 3. The van der Waals surface area contributed by atoms with E-state index in [9.17, 15) is 4.79 Å². The van der Waals surface area contributed by atoms with Crippen LogP contribution in [0.5, 0.6) is 0 Å². The third-order valence-electron chi connectivity index (χ3n) is 4.27. The number of carbonyl (C=O) groups excluding carboxylic acids is 1. The van der Waals surface area contributed by atoms with Gasteiger partial charge < -0.3 is 0 Å². The van der Waals surface area contributed by atoms with Crippen molar-refractivity contribution in [1.82, 2.24) is 0 Å². The van der Waals surface area contributed by atoms with Crippen LogP contribution in [0.3, 0.4) is 0 Å². The Morgan fingerprint density at radius 2 is 2.12 bits per heavy atom. The molecule has 0 fully saturated rings. The van der Waals surface area contributed by atoms with E-state index in [0.717, 1.165) is 12.0 Å². The molecule has 90 valence electrons. The lowest BCUT2D eigenvalue weighted by Gasteiger charge is -2.38. The number of allylic oxidation sites excluding steroid dienone is 4. The average molecular weight is 220 g/mol. The second-order valence-electron chi connectivity index (χ2n) is 5.56. The second kappa shape index (κ2) is 4.99. The summed E-state index contributed by atoms with van der Waals surface area (Å²) < 4.78 is 0. The van der Waals surface area contributed by atoms with Gasteiger partial charge in [-0.25, -0.2) is 0 Å². The molecule has 1 aliphatic carbocycles. The lowest BCUT2D eigenvalue weighted by Crippen LogP contribution is -2.27. The van der Waals surface area contributed by atoms with E-state index >= 15 is 0 Å². The van der Waals surface area contributed by atoms with E-state index in [2.05, 4.69) is 32.9 Å². The first-order valence-electron chi connectivity index (χ1n) is 6.20. The number of Topliss-reactive ketones (excluding diaryl/α,β-unsaturated/α-hetero) is 1. The Hall–Kier alpha value is -0.850. The quantitative estimate of drug-likeness (QED) is 0.512. The highest BCUT2D eigenvalue weighted by atomic mass is 16.1. The Bertz CT molecular complexity index is 331. The van der Waals surface area contributed by atoms with Gasteiger partial charge in [0.1, 0.15) is 0 Å². The fourth-order valence-electron chi connectivity index (χ4n) is 2.32. The second-order valence-corrected chi connectivity index (χ2v) is 5.56. The van der Waals surface area contributed by atoms with Crippen molar-refractivity contribution in [2.24, 2.45) is 11.3 Å². The van der Waals surface area contributed by atoms with Gasteiger partial charge in [-0.2, -0.15) is 0 Å². The maximum Gasteiger partial charge on any atom is 0.155 e. The van der Waals surface area contributed by atoms with Crippen LogP contribution in [0.4, 0.5) is 0 Å². The first-order chi connectivity index (χ1) is 7.35. The molecule has 1 rings (SSSR count). The Balaban J connectivity index is 2.73. The molecule has 0 unspecified atom stereocenters. The smallest absolute Gasteiger partial charge is 0.155 e. The van der Waals surface area contributed by atoms with Gasteiger partial charge in [0.15, 0.2) is 5.78 Å². The summed E-state index contributed by atoms with van der Waals surface area (Å²) in [7, 11) is 0. The molecule has 1 atom stereocenters. The maximum atomic E-state index is 11.2. The molecule has 1 heteroatoms. The standard InChI is InChI=1S/C15H24O/c1-11(13(3)16)9-10-14-8-6-7-12(2)15(14,4)5/h7,9,14H,6,8,10H2,1-5H3/b11-9+/t14-/m1/s1. The van der Waals surface area contributed by atoms with Crippen LogP contribution in [0.25, 0.3) is 0 Å². The van der Waals surface area contributed by atoms with Crippen LogP contribution in [0.1, 0.15) is 53.9 Å². The molecule has 0 aromatic carbocycles. The van der Waals surface area contributed by atoms with Gasteiger partial charge in [-0.05, 0) is 56.9 Å². The minimum atomic E-state index is 0.195. The van der Waals surface area contributed by atoms with Crippen molar-refractivity contribution in [3.63, 3.8) is 0 Å². The molecular formula is C15H24O. The summed E-state index contributed by atoms with van der Waals surface area (Å²) in [6.45, 7) is 10.4. The van der Waals surface area contributed by atoms with Gasteiger partial charge in [0, 0.05) is 0 Å². The SMILES string of the molecule is CC(=O)/C(C)=C/C[C@H]1CCC=C(C)C1(C)C. The molecule has 0 aromatic heterocycles. The van der Waals surface area contributed by atoms with Crippen LogP contribution in [0.2, 0.25) is 0 Å². The van der Waals surface area contributed by atoms with Crippen LogP contribution in [0, 0.1) is 11.3 Å². The van der Waals surface area contributed by atoms with Crippen molar-refractivity contribution < 1.29 is 4.79 Å². The predicted octanol–water partition coefficient (Wildman–Crippen LogP) is 4.29. The minimum Gasteiger partial charge on any atom is -0.295 e. The molecule has 0 saturated carbocycles. The highest BCUT2D eigenvalue weighted by Gasteiger charge is 2.32. The van der Waals surface area contributed by atoms with Gasteiger partial charge in [-0.3, -0.25) is 4.79 Å². The first-order valence-corrected chi connectivity index (χ1v) is 6.20. The monoisotopic (exact) mass is 220 g/mol. The number of hydrogen-bond donors (Lipinski definition) is 0. The summed E-state index contributed by atoms with van der Waals surface area (Å²) >= 11 is 0. The van der Waals surface area contributed by atoms with Gasteiger partial charge >= 0.3 is 0 Å². The maximum absolute atomic E-state index is 11.2. The van der Waals surface area contributed by atoms with Gasteiger partial charge in [0.2, 0.25) is 0 Å². The van der Waals surface area contributed by atoms with E-state index in [1.165, 1.54) is 18.4 Å². The van der Waals surface area contributed by atoms with Crippen LogP contribution in [-0.4, -0.2) is 5.78 Å². The molecule has 0 saturated heterocycles. The van der Waals surface area contributed by atoms with Crippen molar-refractivity contribution in [2.45, 2.75) is 53.9 Å². The Kier molecular flexibility index (Phi) is 4.12. The zero-order valence-electron chi connectivity index (χ0n) is 11.3. The summed E-state index contributed by atoms with van der Waals surface area (Å²) in [6, 6.07) is 0. The minimum absolute atomic E-state index is 0.195. The fraction of sp³-hybridized carbons (Fsp3) is 0.667. The van der Waals surface area contributed by atoms with E-state index in [-0.39, 0.29) is 11.2 Å². The van der Waals surface area contributed by atoms with E-state index in [4.69, 9.17) is 0 Å². The Morgan fingerprint density at radius 3 is 2.69 bits per heavy atom. The molecule has 0 spiro atoms. The molecule has 0 bridgehead atoms. The number of ketones is 1. The summed E-state index contributed by atoms with van der Waals surface area (Å²) in [5.74, 6) is 0.868. The zero-order chi connectivity index (χ0) is 12.3. The van der Waals surface area contributed by atoms with E-state index in [1.54, 1.807) is 6.92 Å². The fourth-order valence-corrected chi connectivity index (χ4v) is 2.32. The lowest BCUT2D eigenvalue weighted by molar-refractivity contribution is -0.113. The molecule has 0 radical (unpaired) electrons. The summed E-state index contributed by atoms with van der Waals surface area (Å²) in [4.78, 5) is 11.2. The van der Waals surface area contributed by atoms with Crippen LogP contribution in [0.15, 0.2) is 23.3 Å². The van der Waals surface area contributed by atoms with Crippen LogP contribution < -0.4 is 0 Å². The molecular weight excluding hydrogens is 196 g/mol. The number of hydrogen-bond acceptors (Lipinski definition) is 1. The Labute approximate surface area is 99.6 Å². The first kappa shape index (κ1) is 13.2. The molecule has 0 heterocycles. The van der Waals surface area contributed by atoms with Crippen molar-refractivity contribution in [3.05, 3.63) is 23.3 Å². The highest BCUT2D eigenvalue weighted by molar-refractivity contribution is 5.92. The van der Waals surface area contributed by atoms with Gasteiger partial charge in [-0.1, -0.05) is 31.6 Å². The van der Waals surface area contributed by atoms with Crippen molar-refractivity contribution in [2.75, 3.05) is 0 Å². The third-order valence-corrected chi connectivity index (χ3v) is 4.27. The molecule has 1 aliphatic rings. The van der Waals surface area contributed by atoms with Gasteiger partial charge in [0.05, 0.1) is 0 Å². The van der Waals surface area contributed by atoms with Crippen molar-refractivity contribution in [3.8, 4) is 0 Å². The molecule has 0 amide bonds. The molecule has 0 aliphatic heterocycles. The van der Waals surface area contributed by atoms with Crippen molar-refractivity contribution in [1.29, 1.82) is 0 Å². The molecule has 0 N–H and O–H groups in total. The van der Waals surface area contributed by atoms with Gasteiger partial charge in [0.25, 0.3) is 0 Å². The molecule has 0 aromatic rings. The summed E-state index contributed by atoms with van der Waals surface area (Å²) in [6.07, 6.45) is 7.94. The lowest BCUT2D eigenvalue weighted by atomic mass is 9.67. The number of carbonyl (C=O) groups is 1. The van der Waals surface area contributed by atoms with Crippen LogP contribution in [-0.2, 0) is 4.79 Å². The van der Waals surface area contributed by atoms with E-state index in [1.807, 2.05) is 6.92 Å². The zero-order valence-corrected chi connectivity index (χ0v) is 11.3. The van der Waals surface area contributed by atoms with E-state index < -0.39 is 0 Å². The van der Waals surface area contributed by atoms with E-state index in [0.29, 0.717) is 5.92 Å². The predicted molar refractivity (Wildman–Crippen MR) is 69.3 cm³/mol. The average Bonchev–Trinajstić information content (AvgIpc) is 2.19. The largest absolute Gasteiger partial charge is 0.295 e. The van der Waals surface area contributed by atoms with Gasteiger partial charge in [-0.15, -0.1) is 0 Å². The molecule has 16 heavy (non-hydrogen) atoms. The van der Waals surface area contributed by atoms with Crippen molar-refractivity contribution >= 4 is 5.78 Å². The topological polar surface area (TPSA) is 17.1 Å². The molecule has 1 nitrogen and oxygen atoms in total. The summed E-state index contributed by atoms with van der Waals surface area (Å²) in [5, 5.41) is 0. The normalized spacial score (nSPS) is 25.2. The highest BCUT2D eigenvalue weighted by Crippen LogP contribution is 2.43. The summed E-state index contributed by atoms with van der Waals surface area (Å²) in [5.41, 5.74) is 2.69. The van der Waals surface area contributed by atoms with Crippen LogP contribution >= 0.6 is 0 Å².